The van der Waals surface area contributed by atoms with E-state index in [2.05, 4.69) is 50.0 Å². The van der Waals surface area contributed by atoms with Gasteiger partial charge in [-0.1, -0.05) is 45.0 Å². The van der Waals surface area contributed by atoms with E-state index in [1.165, 1.54) is 11.1 Å². The summed E-state index contributed by atoms with van der Waals surface area (Å²) in [5.74, 6) is 1.85. The second-order valence-electron chi connectivity index (χ2n) is 6.05. The van der Waals surface area contributed by atoms with Gasteiger partial charge in [-0.15, -0.1) is 0 Å². The molecule has 0 fully saturated rings. The average molecular weight is 295 g/mol. The number of hydrogen-bond donors (Lipinski definition) is 0. The van der Waals surface area contributed by atoms with Gasteiger partial charge in [0.1, 0.15) is 5.75 Å². The highest BCUT2D eigenvalue weighted by atomic mass is 16.5. The predicted octanol–water partition coefficient (Wildman–Crippen LogP) is 5.40. The SMILES string of the molecule is COc1ccc(N=CC(C)Cc2ccc(C(C)C)cc2)cc1. The van der Waals surface area contributed by atoms with Crippen molar-refractivity contribution < 1.29 is 4.74 Å². The molecule has 1 atom stereocenters. The van der Waals surface area contributed by atoms with Crippen LogP contribution in [-0.2, 0) is 6.42 Å². The Morgan fingerprint density at radius 2 is 1.59 bits per heavy atom. The number of hydrogen-bond acceptors (Lipinski definition) is 2. The van der Waals surface area contributed by atoms with E-state index in [-0.39, 0.29) is 0 Å². The third kappa shape index (κ3) is 4.73. The summed E-state index contributed by atoms with van der Waals surface area (Å²) < 4.78 is 5.15. The summed E-state index contributed by atoms with van der Waals surface area (Å²) >= 11 is 0. The lowest BCUT2D eigenvalue weighted by Crippen LogP contribution is -2.01. The van der Waals surface area contributed by atoms with Gasteiger partial charge in [-0.05, 0) is 53.6 Å². The highest BCUT2D eigenvalue weighted by Crippen LogP contribution is 2.19. The van der Waals surface area contributed by atoms with Crippen molar-refractivity contribution in [2.75, 3.05) is 7.11 Å². The topological polar surface area (TPSA) is 21.6 Å². The van der Waals surface area contributed by atoms with E-state index >= 15 is 0 Å². The smallest absolute Gasteiger partial charge is 0.119 e. The normalized spacial score (nSPS) is 12.8. The minimum Gasteiger partial charge on any atom is -0.497 e. The molecule has 0 aliphatic carbocycles. The minimum atomic E-state index is 0.409. The van der Waals surface area contributed by atoms with E-state index in [0.29, 0.717) is 11.8 Å². The maximum Gasteiger partial charge on any atom is 0.119 e. The molecule has 0 aliphatic rings. The molecule has 0 aliphatic heterocycles. The summed E-state index contributed by atoms with van der Waals surface area (Å²) in [6.07, 6.45) is 3.04. The molecule has 22 heavy (non-hydrogen) atoms. The summed E-state index contributed by atoms with van der Waals surface area (Å²) in [5, 5.41) is 0. The second kappa shape index (κ2) is 7.79. The van der Waals surface area contributed by atoms with Crippen molar-refractivity contribution in [1.82, 2.24) is 0 Å². The summed E-state index contributed by atoms with van der Waals surface area (Å²) in [7, 11) is 1.67. The van der Waals surface area contributed by atoms with E-state index < -0.39 is 0 Å². The highest BCUT2D eigenvalue weighted by molar-refractivity contribution is 5.66. The van der Waals surface area contributed by atoms with Gasteiger partial charge in [-0.25, -0.2) is 0 Å². The quantitative estimate of drug-likeness (QED) is 0.654. The standard InChI is InChI=1S/C20H25NO/c1-15(2)18-7-5-17(6-8-18)13-16(3)14-21-19-9-11-20(22-4)12-10-19/h5-12,14-16H,13H2,1-4H3. The van der Waals surface area contributed by atoms with Crippen LogP contribution in [-0.4, -0.2) is 13.3 Å². The van der Waals surface area contributed by atoms with Gasteiger partial charge in [0.15, 0.2) is 0 Å². The first-order valence-corrected chi connectivity index (χ1v) is 7.85. The van der Waals surface area contributed by atoms with Crippen LogP contribution in [0, 0.1) is 5.92 Å². The van der Waals surface area contributed by atoms with E-state index in [0.717, 1.165) is 17.9 Å². The van der Waals surface area contributed by atoms with Crippen LogP contribution in [0.4, 0.5) is 5.69 Å². The molecule has 0 saturated carbocycles. The molecule has 1 unspecified atom stereocenters. The Morgan fingerprint density at radius 1 is 0.955 bits per heavy atom. The van der Waals surface area contributed by atoms with Crippen molar-refractivity contribution in [1.29, 1.82) is 0 Å². The number of aliphatic imine (C=N–C) groups is 1. The third-order valence-electron chi connectivity index (χ3n) is 3.75. The lowest BCUT2D eigenvalue weighted by Gasteiger charge is -2.09. The van der Waals surface area contributed by atoms with Crippen molar-refractivity contribution in [3.63, 3.8) is 0 Å². The van der Waals surface area contributed by atoms with Crippen molar-refractivity contribution in [2.24, 2.45) is 10.9 Å². The molecule has 0 aromatic heterocycles. The predicted molar refractivity (Wildman–Crippen MR) is 94.5 cm³/mol. The van der Waals surface area contributed by atoms with Crippen molar-refractivity contribution >= 4 is 11.9 Å². The molecule has 0 N–H and O–H groups in total. The second-order valence-corrected chi connectivity index (χ2v) is 6.05. The van der Waals surface area contributed by atoms with E-state index in [9.17, 15) is 0 Å². The fourth-order valence-electron chi connectivity index (χ4n) is 2.34. The highest BCUT2D eigenvalue weighted by Gasteiger charge is 2.03. The Kier molecular flexibility index (Phi) is 5.76. The zero-order chi connectivity index (χ0) is 15.9. The molecule has 2 heteroatoms. The molecule has 2 rings (SSSR count). The fourth-order valence-corrected chi connectivity index (χ4v) is 2.34. The van der Waals surface area contributed by atoms with Crippen LogP contribution in [0.25, 0.3) is 0 Å². The Morgan fingerprint density at radius 3 is 2.14 bits per heavy atom. The molecular formula is C20H25NO. The molecule has 2 nitrogen and oxygen atoms in total. The van der Waals surface area contributed by atoms with Gasteiger partial charge in [-0.3, -0.25) is 4.99 Å². The first-order valence-electron chi connectivity index (χ1n) is 7.85. The molecule has 2 aromatic carbocycles. The van der Waals surface area contributed by atoms with Gasteiger partial charge in [0.25, 0.3) is 0 Å². The maximum atomic E-state index is 5.15. The molecule has 0 heterocycles. The molecule has 2 aromatic rings. The van der Waals surface area contributed by atoms with Crippen molar-refractivity contribution in [2.45, 2.75) is 33.1 Å². The Balaban J connectivity index is 1.93. The van der Waals surface area contributed by atoms with Crippen LogP contribution in [0.3, 0.4) is 0 Å². The van der Waals surface area contributed by atoms with Crippen LogP contribution < -0.4 is 4.74 Å². The summed E-state index contributed by atoms with van der Waals surface area (Å²) in [6.45, 7) is 6.64. The maximum absolute atomic E-state index is 5.15. The number of benzene rings is 2. The van der Waals surface area contributed by atoms with Gasteiger partial charge < -0.3 is 4.74 Å². The van der Waals surface area contributed by atoms with Gasteiger partial charge in [0, 0.05) is 6.21 Å². The van der Waals surface area contributed by atoms with Gasteiger partial charge in [0.05, 0.1) is 12.8 Å². The number of rotatable bonds is 6. The van der Waals surface area contributed by atoms with Crippen LogP contribution in [0.2, 0.25) is 0 Å². The van der Waals surface area contributed by atoms with Crippen LogP contribution in [0.1, 0.15) is 37.8 Å². The van der Waals surface area contributed by atoms with E-state index in [1.54, 1.807) is 7.11 Å². The zero-order valence-corrected chi connectivity index (χ0v) is 13.9. The Bertz CT molecular complexity index is 597. The first-order chi connectivity index (χ1) is 10.6. The molecule has 0 radical (unpaired) electrons. The molecule has 0 bridgehead atoms. The Hall–Kier alpha value is -2.09. The summed E-state index contributed by atoms with van der Waals surface area (Å²) in [5.41, 5.74) is 3.71. The van der Waals surface area contributed by atoms with Crippen molar-refractivity contribution in [3.8, 4) is 5.75 Å². The lowest BCUT2D eigenvalue weighted by molar-refractivity contribution is 0.415. The van der Waals surface area contributed by atoms with Crippen LogP contribution in [0.15, 0.2) is 53.5 Å². The first kappa shape index (κ1) is 16.3. The lowest BCUT2D eigenvalue weighted by atomic mass is 9.97. The molecule has 116 valence electrons. The Labute approximate surface area is 133 Å². The largest absolute Gasteiger partial charge is 0.497 e. The van der Waals surface area contributed by atoms with Gasteiger partial charge in [-0.2, -0.15) is 0 Å². The fraction of sp³-hybridized carbons (Fsp3) is 0.350. The number of nitrogens with zero attached hydrogens (tertiary/aromatic N) is 1. The zero-order valence-electron chi connectivity index (χ0n) is 13.9. The summed E-state index contributed by atoms with van der Waals surface area (Å²) in [4.78, 5) is 4.54. The average Bonchev–Trinajstić information content (AvgIpc) is 2.54. The van der Waals surface area contributed by atoms with E-state index in [1.807, 2.05) is 30.5 Å². The molecule has 0 saturated heterocycles. The van der Waals surface area contributed by atoms with E-state index in [4.69, 9.17) is 4.74 Å². The molecule has 0 spiro atoms. The molecule has 0 amide bonds. The van der Waals surface area contributed by atoms with Crippen molar-refractivity contribution in [3.05, 3.63) is 59.7 Å². The summed E-state index contributed by atoms with van der Waals surface area (Å²) in [6, 6.07) is 16.7. The third-order valence-corrected chi connectivity index (χ3v) is 3.75. The van der Waals surface area contributed by atoms with Crippen LogP contribution in [0.5, 0.6) is 5.75 Å². The molecular weight excluding hydrogens is 270 g/mol. The number of methoxy groups -OCH3 is 1. The van der Waals surface area contributed by atoms with Crippen LogP contribution >= 0.6 is 0 Å². The monoisotopic (exact) mass is 295 g/mol. The van der Waals surface area contributed by atoms with Gasteiger partial charge in [0.2, 0.25) is 0 Å². The minimum absolute atomic E-state index is 0.409. The number of ether oxygens (including phenoxy) is 1. The van der Waals surface area contributed by atoms with Gasteiger partial charge >= 0.3 is 0 Å².